The van der Waals surface area contributed by atoms with Gasteiger partial charge in [0.1, 0.15) is 0 Å². The van der Waals surface area contributed by atoms with Crippen molar-refractivity contribution in [1.29, 1.82) is 0 Å². The van der Waals surface area contributed by atoms with Crippen molar-refractivity contribution in [3.05, 3.63) is 65.5 Å². The van der Waals surface area contributed by atoms with Gasteiger partial charge in [-0.1, -0.05) is 18.2 Å². The lowest BCUT2D eigenvalue weighted by Crippen LogP contribution is -2.47. The van der Waals surface area contributed by atoms with Gasteiger partial charge < -0.3 is 4.90 Å². The summed E-state index contributed by atoms with van der Waals surface area (Å²) in [6, 6.07) is 6.68. The average molecular weight is 365 g/mol. The molecule has 144 valence electrons. The first kappa shape index (κ1) is 18.3. The highest BCUT2D eigenvalue weighted by Gasteiger charge is 2.21. The number of rotatable bonds is 6. The molecule has 3 aliphatic heterocycles. The van der Waals surface area contributed by atoms with Crippen LogP contribution in [0.25, 0.3) is 0 Å². The summed E-state index contributed by atoms with van der Waals surface area (Å²) in [5.74, 6) is 0. The Hall–Kier alpha value is -2.04. The third kappa shape index (κ3) is 4.12. The van der Waals surface area contributed by atoms with Crippen molar-refractivity contribution in [2.45, 2.75) is 26.7 Å². The first-order valence-electron chi connectivity index (χ1n) is 10.3. The van der Waals surface area contributed by atoms with Gasteiger partial charge in [0, 0.05) is 51.2 Å². The molecule has 1 saturated heterocycles. The van der Waals surface area contributed by atoms with Crippen LogP contribution >= 0.6 is 0 Å². The van der Waals surface area contributed by atoms with Gasteiger partial charge in [0.15, 0.2) is 0 Å². The molecule has 1 fully saturated rings. The molecule has 0 N–H and O–H groups in total. The highest BCUT2D eigenvalue weighted by Crippen LogP contribution is 2.24. The molecule has 3 aliphatic rings. The van der Waals surface area contributed by atoms with Gasteiger partial charge in [-0.05, 0) is 68.7 Å². The number of aryl methyl sites for hydroxylation is 1. The highest BCUT2D eigenvalue weighted by molar-refractivity contribution is 5.56. The maximum absolute atomic E-state index is 2.64. The largest absolute Gasteiger partial charge is 0.369 e. The van der Waals surface area contributed by atoms with Gasteiger partial charge in [0.2, 0.25) is 0 Å². The molecule has 0 unspecified atom stereocenters. The second kappa shape index (κ2) is 8.32. The molecule has 0 aliphatic carbocycles. The Labute approximate surface area is 164 Å². The lowest BCUT2D eigenvalue weighted by Gasteiger charge is -2.37. The molecule has 4 rings (SSSR count). The Kier molecular flexibility index (Phi) is 5.65. The van der Waals surface area contributed by atoms with Gasteiger partial charge in [-0.3, -0.25) is 9.91 Å². The number of hydrazine groups is 1. The van der Waals surface area contributed by atoms with Crippen LogP contribution in [0.15, 0.2) is 54.4 Å². The molecule has 0 atom stereocenters. The van der Waals surface area contributed by atoms with Crippen LogP contribution in [0.5, 0.6) is 0 Å². The number of nitrogens with zero attached hydrogens (tertiary/aromatic N) is 4. The van der Waals surface area contributed by atoms with E-state index in [0.717, 1.165) is 26.2 Å². The van der Waals surface area contributed by atoms with E-state index in [1.807, 2.05) is 0 Å². The second-order valence-corrected chi connectivity index (χ2v) is 7.84. The molecule has 0 spiro atoms. The van der Waals surface area contributed by atoms with E-state index in [2.05, 4.69) is 82.4 Å². The standard InChI is InChI=1S/C23H32N4/c1-20-8-7-10-23(21(20)2)25-18-16-24(17-19-25)12-5-6-13-26-15-11-22-9-3-4-14-27(22)26/h3-4,7-11,14H,5-6,12-13,15-19H2,1-2H3. The molecular weight excluding hydrogens is 332 g/mol. The minimum absolute atomic E-state index is 1.04. The second-order valence-electron chi connectivity index (χ2n) is 7.84. The molecular formula is C23H32N4. The minimum atomic E-state index is 1.04. The van der Waals surface area contributed by atoms with E-state index in [-0.39, 0.29) is 0 Å². The molecule has 4 nitrogen and oxygen atoms in total. The molecule has 0 aromatic heterocycles. The quantitative estimate of drug-likeness (QED) is 0.714. The predicted molar refractivity (Wildman–Crippen MR) is 114 cm³/mol. The van der Waals surface area contributed by atoms with Gasteiger partial charge in [-0.15, -0.1) is 0 Å². The van der Waals surface area contributed by atoms with Crippen molar-refractivity contribution in [1.82, 2.24) is 14.9 Å². The summed E-state index contributed by atoms with van der Waals surface area (Å²) in [5.41, 5.74) is 5.58. The summed E-state index contributed by atoms with van der Waals surface area (Å²) in [7, 11) is 0. The minimum Gasteiger partial charge on any atom is -0.369 e. The molecule has 0 saturated carbocycles. The Bertz CT molecular complexity index is 741. The average Bonchev–Trinajstić information content (AvgIpc) is 3.11. The van der Waals surface area contributed by atoms with E-state index in [4.69, 9.17) is 0 Å². The van der Waals surface area contributed by atoms with Gasteiger partial charge in [0.05, 0.1) is 5.70 Å². The van der Waals surface area contributed by atoms with Crippen LogP contribution in [0, 0.1) is 13.8 Å². The van der Waals surface area contributed by atoms with Crippen LogP contribution in [-0.2, 0) is 0 Å². The third-order valence-electron chi connectivity index (χ3n) is 6.12. The van der Waals surface area contributed by atoms with E-state index in [9.17, 15) is 0 Å². The van der Waals surface area contributed by atoms with E-state index < -0.39 is 0 Å². The first-order chi connectivity index (χ1) is 13.2. The monoisotopic (exact) mass is 364 g/mol. The van der Waals surface area contributed by atoms with Crippen LogP contribution in [0.4, 0.5) is 5.69 Å². The van der Waals surface area contributed by atoms with Crippen molar-refractivity contribution < 1.29 is 0 Å². The maximum Gasteiger partial charge on any atom is 0.0547 e. The molecule has 1 aromatic rings. The summed E-state index contributed by atoms with van der Waals surface area (Å²) in [5, 5.41) is 4.73. The van der Waals surface area contributed by atoms with E-state index >= 15 is 0 Å². The first-order valence-corrected chi connectivity index (χ1v) is 10.3. The normalized spacial score (nSPS) is 20.3. The maximum atomic E-state index is 2.64. The smallest absolute Gasteiger partial charge is 0.0547 e. The van der Waals surface area contributed by atoms with Crippen LogP contribution in [0.3, 0.4) is 0 Å². The van der Waals surface area contributed by atoms with Gasteiger partial charge >= 0.3 is 0 Å². The molecule has 0 bridgehead atoms. The van der Waals surface area contributed by atoms with Gasteiger partial charge in [0.25, 0.3) is 0 Å². The van der Waals surface area contributed by atoms with Gasteiger partial charge in [-0.2, -0.15) is 0 Å². The topological polar surface area (TPSA) is 13.0 Å². The molecule has 0 amide bonds. The number of allylic oxidation sites excluding steroid dienone is 3. The van der Waals surface area contributed by atoms with Crippen molar-refractivity contribution >= 4 is 5.69 Å². The molecule has 1 aromatic carbocycles. The van der Waals surface area contributed by atoms with Crippen molar-refractivity contribution in [2.24, 2.45) is 0 Å². The Morgan fingerprint density at radius 3 is 2.59 bits per heavy atom. The Morgan fingerprint density at radius 2 is 1.74 bits per heavy atom. The molecule has 4 heteroatoms. The summed E-state index contributed by atoms with van der Waals surface area (Å²) in [4.78, 5) is 5.20. The third-order valence-corrected chi connectivity index (χ3v) is 6.12. The summed E-state index contributed by atoms with van der Waals surface area (Å²) >= 11 is 0. The number of hydrogen-bond acceptors (Lipinski definition) is 4. The number of fused-ring (bicyclic) bond motifs is 1. The molecule has 3 heterocycles. The summed E-state index contributed by atoms with van der Waals surface area (Å²) in [6.07, 6.45) is 13.4. The Morgan fingerprint density at radius 1 is 0.926 bits per heavy atom. The zero-order chi connectivity index (χ0) is 18.6. The van der Waals surface area contributed by atoms with Crippen LogP contribution in [0.1, 0.15) is 24.0 Å². The number of piperazine rings is 1. The van der Waals surface area contributed by atoms with Crippen LogP contribution < -0.4 is 4.90 Å². The summed E-state index contributed by atoms with van der Waals surface area (Å²) in [6.45, 7) is 12.5. The summed E-state index contributed by atoms with van der Waals surface area (Å²) < 4.78 is 0. The van der Waals surface area contributed by atoms with Crippen LogP contribution in [0.2, 0.25) is 0 Å². The van der Waals surface area contributed by atoms with E-state index in [1.54, 1.807) is 0 Å². The fourth-order valence-electron chi connectivity index (χ4n) is 4.27. The van der Waals surface area contributed by atoms with Gasteiger partial charge in [-0.25, -0.2) is 5.01 Å². The number of unbranched alkanes of at least 4 members (excludes halogenated alkanes) is 1. The lowest BCUT2D eigenvalue weighted by atomic mass is 10.1. The number of anilines is 1. The van der Waals surface area contributed by atoms with Crippen molar-refractivity contribution in [3.8, 4) is 0 Å². The zero-order valence-electron chi connectivity index (χ0n) is 16.8. The number of hydrogen-bond donors (Lipinski definition) is 0. The molecule has 27 heavy (non-hydrogen) atoms. The molecule has 0 radical (unpaired) electrons. The fourth-order valence-corrected chi connectivity index (χ4v) is 4.27. The van der Waals surface area contributed by atoms with E-state index in [0.29, 0.717) is 0 Å². The van der Waals surface area contributed by atoms with Crippen LogP contribution in [-0.4, -0.2) is 60.7 Å². The SMILES string of the molecule is Cc1cccc(N2CCN(CCCCN3CC=C4C=CC=CN43)CC2)c1C. The van der Waals surface area contributed by atoms with Crippen molar-refractivity contribution in [2.75, 3.05) is 50.7 Å². The van der Waals surface area contributed by atoms with Crippen molar-refractivity contribution in [3.63, 3.8) is 0 Å². The fraction of sp³-hybridized carbons (Fsp3) is 0.478. The Balaban J connectivity index is 1.17. The van der Waals surface area contributed by atoms with E-state index in [1.165, 1.54) is 55.0 Å². The lowest BCUT2D eigenvalue weighted by molar-refractivity contribution is 0.0897. The predicted octanol–water partition coefficient (Wildman–Crippen LogP) is 3.71. The zero-order valence-corrected chi connectivity index (χ0v) is 16.8. The highest BCUT2D eigenvalue weighted by atomic mass is 15.6. The number of benzene rings is 1.